The maximum Gasteiger partial charge on any atom is -0.0126 e. The summed E-state index contributed by atoms with van der Waals surface area (Å²) in [5.74, 6) is 0. The molecule has 0 aliphatic heterocycles. The first-order valence-electron chi connectivity index (χ1n) is 5.76. The normalized spacial score (nSPS) is 15.1. The van der Waals surface area contributed by atoms with Gasteiger partial charge in [0.2, 0.25) is 0 Å². The van der Waals surface area contributed by atoms with E-state index in [4.69, 9.17) is 0 Å². The van der Waals surface area contributed by atoms with E-state index in [1.54, 1.807) is 5.57 Å². The van der Waals surface area contributed by atoms with Crippen LogP contribution in [0.1, 0.15) is 37.3 Å². The van der Waals surface area contributed by atoms with Gasteiger partial charge in [-0.05, 0) is 30.9 Å². The topological polar surface area (TPSA) is 0 Å². The zero-order valence-electron chi connectivity index (χ0n) is 9.59. The summed E-state index contributed by atoms with van der Waals surface area (Å²) in [6, 6.07) is 8.79. The van der Waals surface area contributed by atoms with Gasteiger partial charge in [-0.25, -0.2) is 0 Å². The van der Waals surface area contributed by atoms with Crippen molar-refractivity contribution < 1.29 is 0 Å². The molecule has 0 nitrogen and oxygen atoms in total. The summed E-state index contributed by atoms with van der Waals surface area (Å²) in [5.41, 5.74) is 5.66. The molecule has 1 aliphatic carbocycles. The van der Waals surface area contributed by atoms with Gasteiger partial charge in [0.25, 0.3) is 0 Å². The van der Waals surface area contributed by atoms with Gasteiger partial charge in [0, 0.05) is 0 Å². The molecule has 0 spiro atoms. The minimum Gasteiger partial charge on any atom is -0.0726 e. The lowest BCUT2D eigenvalue weighted by Crippen LogP contribution is -1.79. The van der Waals surface area contributed by atoms with Gasteiger partial charge in [-0.1, -0.05) is 60.9 Å². The molecule has 15 heavy (non-hydrogen) atoms. The number of rotatable bonds is 3. The molecule has 2 rings (SSSR count). The molecule has 1 aliphatic rings. The highest BCUT2D eigenvalue weighted by atomic mass is 14.1. The minimum absolute atomic E-state index is 1.15. The van der Waals surface area contributed by atoms with Gasteiger partial charge in [-0.2, -0.15) is 0 Å². The maximum atomic E-state index is 2.36. The Kier molecular flexibility index (Phi) is 3.05. The summed E-state index contributed by atoms with van der Waals surface area (Å²) >= 11 is 0. The van der Waals surface area contributed by atoms with Crippen LogP contribution in [0.2, 0.25) is 0 Å². The molecule has 0 N–H and O–H groups in total. The average molecular weight is 198 g/mol. The zero-order chi connectivity index (χ0) is 10.7. The molecule has 0 unspecified atom stereocenters. The second-order valence-electron chi connectivity index (χ2n) is 4.28. The molecule has 0 saturated carbocycles. The Hall–Kier alpha value is -1.30. The van der Waals surface area contributed by atoms with Gasteiger partial charge in [0.15, 0.2) is 0 Å². The quantitative estimate of drug-likeness (QED) is 0.670. The highest BCUT2D eigenvalue weighted by Gasteiger charge is 2.07. The van der Waals surface area contributed by atoms with Gasteiger partial charge >= 0.3 is 0 Å². The Morgan fingerprint density at radius 3 is 2.53 bits per heavy atom. The van der Waals surface area contributed by atoms with E-state index < -0.39 is 0 Å². The minimum atomic E-state index is 1.15. The molecule has 0 aromatic heterocycles. The standard InChI is InChI=1S/C15H18/c1-3-4-13-7-10-15(11-13)14-8-5-12(2)6-9-14/h5-6,8-11H,3-4,7H2,1-2H3. The van der Waals surface area contributed by atoms with Gasteiger partial charge in [0.1, 0.15) is 0 Å². The van der Waals surface area contributed by atoms with Crippen molar-refractivity contribution in [1.82, 2.24) is 0 Å². The molecular weight excluding hydrogens is 180 g/mol. The maximum absolute atomic E-state index is 2.36. The van der Waals surface area contributed by atoms with E-state index in [-0.39, 0.29) is 0 Å². The van der Waals surface area contributed by atoms with E-state index in [9.17, 15) is 0 Å². The van der Waals surface area contributed by atoms with Crippen LogP contribution in [-0.4, -0.2) is 0 Å². The smallest absolute Gasteiger partial charge is 0.0126 e. The van der Waals surface area contributed by atoms with Crippen molar-refractivity contribution in [1.29, 1.82) is 0 Å². The Labute approximate surface area is 92.3 Å². The molecule has 1 aromatic carbocycles. The molecule has 0 amide bonds. The second-order valence-corrected chi connectivity index (χ2v) is 4.28. The van der Waals surface area contributed by atoms with Gasteiger partial charge < -0.3 is 0 Å². The number of aryl methyl sites for hydroxylation is 1. The summed E-state index contributed by atoms with van der Waals surface area (Å²) in [6.45, 7) is 4.37. The SMILES string of the molecule is CCCC1=CC(c2ccc(C)cc2)=CC1. The summed E-state index contributed by atoms with van der Waals surface area (Å²) in [6.07, 6.45) is 8.34. The fourth-order valence-corrected chi connectivity index (χ4v) is 2.02. The molecule has 0 radical (unpaired) electrons. The second kappa shape index (κ2) is 4.48. The molecule has 0 bridgehead atoms. The first-order valence-corrected chi connectivity index (χ1v) is 5.76. The van der Waals surface area contributed by atoms with Crippen molar-refractivity contribution in [3.8, 4) is 0 Å². The van der Waals surface area contributed by atoms with Crippen LogP contribution in [-0.2, 0) is 0 Å². The van der Waals surface area contributed by atoms with E-state index >= 15 is 0 Å². The summed E-state index contributed by atoms with van der Waals surface area (Å²) in [7, 11) is 0. The Morgan fingerprint density at radius 2 is 1.87 bits per heavy atom. The van der Waals surface area contributed by atoms with Crippen molar-refractivity contribution >= 4 is 5.57 Å². The Morgan fingerprint density at radius 1 is 1.13 bits per heavy atom. The van der Waals surface area contributed by atoms with Gasteiger partial charge in [-0.3, -0.25) is 0 Å². The van der Waals surface area contributed by atoms with Crippen LogP contribution in [0, 0.1) is 6.92 Å². The third kappa shape index (κ3) is 2.38. The predicted molar refractivity (Wildman–Crippen MR) is 66.8 cm³/mol. The number of benzene rings is 1. The molecule has 78 valence electrons. The molecule has 0 atom stereocenters. The molecular formula is C15H18. The highest BCUT2D eigenvalue weighted by Crippen LogP contribution is 2.28. The van der Waals surface area contributed by atoms with Crippen molar-refractivity contribution in [2.24, 2.45) is 0 Å². The van der Waals surface area contributed by atoms with Crippen LogP contribution in [0.15, 0.2) is 42.0 Å². The molecule has 0 fully saturated rings. The molecule has 1 aromatic rings. The summed E-state index contributed by atoms with van der Waals surface area (Å²) < 4.78 is 0. The molecule has 0 heterocycles. The fourth-order valence-electron chi connectivity index (χ4n) is 2.02. The van der Waals surface area contributed by atoms with Crippen molar-refractivity contribution in [3.05, 3.63) is 53.1 Å². The summed E-state index contributed by atoms with van der Waals surface area (Å²) in [4.78, 5) is 0. The lowest BCUT2D eigenvalue weighted by atomic mass is 10.1. The van der Waals surface area contributed by atoms with E-state index in [1.807, 2.05) is 0 Å². The first-order chi connectivity index (χ1) is 7.29. The Bertz CT molecular complexity index is 391. The number of allylic oxidation sites excluding steroid dienone is 4. The van der Waals surface area contributed by atoms with Gasteiger partial charge in [-0.15, -0.1) is 0 Å². The van der Waals surface area contributed by atoms with Crippen molar-refractivity contribution in [2.45, 2.75) is 33.1 Å². The monoisotopic (exact) mass is 198 g/mol. The molecule has 0 heteroatoms. The van der Waals surface area contributed by atoms with E-state index in [0.717, 1.165) is 6.42 Å². The van der Waals surface area contributed by atoms with E-state index in [0.29, 0.717) is 0 Å². The average Bonchev–Trinajstić information content (AvgIpc) is 2.68. The lowest BCUT2D eigenvalue weighted by Gasteiger charge is -2.00. The predicted octanol–water partition coefficient (Wildman–Crippen LogP) is 4.51. The van der Waals surface area contributed by atoms with Gasteiger partial charge in [0.05, 0.1) is 0 Å². The van der Waals surface area contributed by atoms with Crippen LogP contribution in [0.5, 0.6) is 0 Å². The van der Waals surface area contributed by atoms with Crippen LogP contribution >= 0.6 is 0 Å². The lowest BCUT2D eigenvalue weighted by molar-refractivity contribution is 0.887. The largest absolute Gasteiger partial charge is 0.0726 e. The van der Waals surface area contributed by atoms with Crippen molar-refractivity contribution in [2.75, 3.05) is 0 Å². The third-order valence-electron chi connectivity index (χ3n) is 2.90. The van der Waals surface area contributed by atoms with Crippen LogP contribution in [0.3, 0.4) is 0 Å². The zero-order valence-corrected chi connectivity index (χ0v) is 9.59. The third-order valence-corrected chi connectivity index (χ3v) is 2.90. The fraction of sp³-hybridized carbons (Fsp3) is 0.333. The van der Waals surface area contributed by atoms with Crippen molar-refractivity contribution in [3.63, 3.8) is 0 Å². The van der Waals surface area contributed by atoms with E-state index in [1.165, 1.54) is 29.5 Å². The van der Waals surface area contributed by atoms with Crippen LogP contribution < -0.4 is 0 Å². The highest BCUT2D eigenvalue weighted by molar-refractivity contribution is 5.77. The Balaban J connectivity index is 2.16. The molecule has 0 saturated heterocycles. The first kappa shape index (κ1) is 10.2. The number of hydrogen-bond donors (Lipinski definition) is 0. The van der Waals surface area contributed by atoms with E-state index in [2.05, 4.69) is 50.3 Å². The summed E-state index contributed by atoms with van der Waals surface area (Å²) in [5, 5.41) is 0. The van der Waals surface area contributed by atoms with Crippen LogP contribution in [0.25, 0.3) is 5.57 Å². The van der Waals surface area contributed by atoms with Crippen LogP contribution in [0.4, 0.5) is 0 Å². The number of hydrogen-bond acceptors (Lipinski definition) is 0.